The van der Waals surface area contributed by atoms with E-state index in [0.29, 0.717) is 6.61 Å². The highest BCUT2D eigenvalue weighted by Crippen LogP contribution is 2.27. The van der Waals surface area contributed by atoms with Crippen molar-refractivity contribution in [1.29, 1.82) is 0 Å². The van der Waals surface area contributed by atoms with Crippen LogP contribution in [0.1, 0.15) is 33.1 Å². The van der Waals surface area contributed by atoms with Crippen molar-refractivity contribution >= 4 is 14.2 Å². The van der Waals surface area contributed by atoms with E-state index in [1.54, 1.807) is 0 Å². The predicted octanol–water partition coefficient (Wildman–Crippen LogP) is 4.15. The Balaban J connectivity index is 4.06. The lowest BCUT2D eigenvalue weighted by Crippen LogP contribution is -2.31. The summed E-state index contributed by atoms with van der Waals surface area (Å²) in [5, 5.41) is 0. The lowest BCUT2D eigenvalue weighted by molar-refractivity contribution is 0.0728. The molecule has 100 valence electrons. The van der Waals surface area contributed by atoms with E-state index in [4.69, 9.17) is 4.74 Å². The van der Waals surface area contributed by atoms with Crippen LogP contribution in [-0.4, -0.2) is 27.9 Å². The summed E-state index contributed by atoms with van der Waals surface area (Å²) in [7, 11) is 0.0127. The second kappa shape index (κ2) is 9.28. The highest BCUT2D eigenvalue weighted by atomic mass is 28.3. The first-order chi connectivity index (χ1) is 8.14. The smallest absolute Gasteiger partial charge is 0.438 e. The van der Waals surface area contributed by atoms with Crippen LogP contribution in [-0.2, 0) is 9.47 Å². The molecule has 0 radical (unpaired) electrons. The van der Waals surface area contributed by atoms with Gasteiger partial charge in [0.05, 0.1) is 21.8 Å². The monoisotopic (exact) mass is 258 g/mol. The van der Waals surface area contributed by atoms with Gasteiger partial charge < -0.3 is 9.47 Å². The zero-order valence-corrected chi connectivity index (χ0v) is 12.5. The van der Waals surface area contributed by atoms with Gasteiger partial charge in [0.1, 0.15) is 0 Å². The molecule has 0 spiro atoms. The van der Waals surface area contributed by atoms with Gasteiger partial charge in [-0.1, -0.05) is 44.8 Å². The van der Waals surface area contributed by atoms with Crippen LogP contribution in [0.4, 0.5) is 4.79 Å². The van der Waals surface area contributed by atoms with Crippen LogP contribution in [0, 0.1) is 0 Å². The standard InChI is InChI=1S/C13H26O3Si/c1-5-10-17(7-3,11-6-2)12-8-9-16-13(14)15-4/h7H,3,5-6,8-12H2,1-2,4H3. The van der Waals surface area contributed by atoms with Crippen LogP contribution < -0.4 is 0 Å². The third-order valence-electron chi connectivity index (χ3n) is 3.13. The number of rotatable bonds is 9. The second-order valence-electron chi connectivity index (χ2n) is 4.47. The van der Waals surface area contributed by atoms with Gasteiger partial charge in [-0.2, -0.15) is 0 Å². The first-order valence-electron chi connectivity index (χ1n) is 6.48. The molecule has 0 unspecified atom stereocenters. The Bertz CT molecular complexity index is 223. The van der Waals surface area contributed by atoms with Crippen LogP contribution in [0.3, 0.4) is 0 Å². The van der Waals surface area contributed by atoms with Crippen molar-refractivity contribution in [1.82, 2.24) is 0 Å². The van der Waals surface area contributed by atoms with Gasteiger partial charge in [0.2, 0.25) is 0 Å². The Morgan fingerprint density at radius 2 is 1.82 bits per heavy atom. The van der Waals surface area contributed by atoms with Gasteiger partial charge in [-0.3, -0.25) is 0 Å². The first-order valence-corrected chi connectivity index (χ1v) is 9.18. The molecule has 0 bridgehead atoms. The number of carbonyl (C=O) groups is 1. The molecule has 0 saturated heterocycles. The molecule has 0 aromatic heterocycles. The van der Waals surface area contributed by atoms with E-state index in [2.05, 4.69) is 30.9 Å². The number of hydrogen-bond acceptors (Lipinski definition) is 3. The van der Waals surface area contributed by atoms with E-state index in [1.165, 1.54) is 32.0 Å². The molecule has 0 aromatic rings. The maximum Gasteiger partial charge on any atom is 0.507 e. The maximum atomic E-state index is 10.8. The average molecular weight is 258 g/mol. The highest BCUT2D eigenvalue weighted by Gasteiger charge is 2.26. The van der Waals surface area contributed by atoms with E-state index in [-0.39, 0.29) is 0 Å². The third kappa shape index (κ3) is 6.51. The van der Waals surface area contributed by atoms with Crippen molar-refractivity contribution in [3.63, 3.8) is 0 Å². The van der Waals surface area contributed by atoms with Crippen molar-refractivity contribution in [2.45, 2.75) is 51.2 Å². The molecule has 0 N–H and O–H groups in total. The van der Waals surface area contributed by atoms with Gasteiger partial charge in [0.25, 0.3) is 0 Å². The Hall–Kier alpha value is -0.773. The van der Waals surface area contributed by atoms with E-state index in [9.17, 15) is 4.79 Å². The maximum absolute atomic E-state index is 10.8. The SMILES string of the molecule is C=C[Si](CCC)(CCC)CCCOC(=O)OC. The minimum atomic E-state index is -1.32. The summed E-state index contributed by atoms with van der Waals surface area (Å²) in [6.45, 7) is 8.95. The van der Waals surface area contributed by atoms with Gasteiger partial charge in [-0.25, -0.2) is 4.79 Å². The van der Waals surface area contributed by atoms with E-state index >= 15 is 0 Å². The van der Waals surface area contributed by atoms with Crippen molar-refractivity contribution < 1.29 is 14.3 Å². The van der Waals surface area contributed by atoms with Gasteiger partial charge in [0, 0.05) is 0 Å². The second-order valence-corrected chi connectivity index (χ2v) is 9.11. The minimum Gasteiger partial charge on any atom is -0.438 e. The molecule has 0 aliphatic rings. The van der Waals surface area contributed by atoms with Crippen molar-refractivity contribution in [2.75, 3.05) is 13.7 Å². The van der Waals surface area contributed by atoms with Crippen molar-refractivity contribution in [3.05, 3.63) is 12.3 Å². The highest BCUT2D eigenvalue weighted by molar-refractivity contribution is 6.84. The molecule has 0 saturated carbocycles. The average Bonchev–Trinajstić information content (AvgIpc) is 2.34. The number of carbonyl (C=O) groups excluding carboxylic acids is 1. The lowest BCUT2D eigenvalue weighted by atomic mass is 10.5. The molecule has 0 aliphatic carbocycles. The molecule has 0 fully saturated rings. The van der Waals surface area contributed by atoms with Gasteiger partial charge in [-0.15, -0.1) is 12.3 Å². The zero-order chi connectivity index (χ0) is 13.1. The number of hydrogen-bond donors (Lipinski definition) is 0. The normalized spacial score (nSPS) is 11.0. The molecule has 0 aliphatic heterocycles. The van der Waals surface area contributed by atoms with Gasteiger partial charge in [0.15, 0.2) is 0 Å². The summed E-state index contributed by atoms with van der Waals surface area (Å²) in [6, 6.07) is 3.75. The van der Waals surface area contributed by atoms with E-state index in [1.807, 2.05) is 0 Å². The quantitative estimate of drug-likeness (QED) is 0.354. The Labute approximate surface area is 106 Å². The fourth-order valence-electron chi connectivity index (χ4n) is 2.32. The minimum absolute atomic E-state index is 0.461. The summed E-state index contributed by atoms with van der Waals surface area (Å²) in [6.07, 6.45) is 2.78. The molecule has 17 heavy (non-hydrogen) atoms. The molecular formula is C13H26O3Si. The predicted molar refractivity (Wildman–Crippen MR) is 73.9 cm³/mol. The van der Waals surface area contributed by atoms with Crippen molar-refractivity contribution in [3.8, 4) is 0 Å². The fraction of sp³-hybridized carbons (Fsp3) is 0.769. The van der Waals surface area contributed by atoms with Crippen LogP contribution in [0.2, 0.25) is 18.1 Å². The number of methoxy groups -OCH3 is 1. The van der Waals surface area contributed by atoms with E-state index < -0.39 is 14.2 Å². The zero-order valence-electron chi connectivity index (χ0n) is 11.5. The van der Waals surface area contributed by atoms with E-state index in [0.717, 1.165) is 12.5 Å². The lowest BCUT2D eigenvalue weighted by Gasteiger charge is -2.27. The Kier molecular flexibility index (Phi) is 8.86. The topological polar surface area (TPSA) is 35.5 Å². The number of ether oxygens (including phenoxy) is 2. The summed E-state index contributed by atoms with van der Waals surface area (Å²) in [4.78, 5) is 10.8. The molecular weight excluding hydrogens is 232 g/mol. The Morgan fingerprint density at radius 1 is 1.24 bits per heavy atom. The van der Waals surface area contributed by atoms with Crippen LogP contribution in [0.5, 0.6) is 0 Å². The molecule has 0 heterocycles. The molecule has 4 heteroatoms. The summed E-state index contributed by atoms with van der Waals surface area (Å²) >= 11 is 0. The van der Waals surface area contributed by atoms with Crippen molar-refractivity contribution in [2.24, 2.45) is 0 Å². The summed E-state index contributed by atoms with van der Waals surface area (Å²) in [5.74, 6) is 0. The van der Waals surface area contributed by atoms with Gasteiger partial charge >= 0.3 is 6.16 Å². The Morgan fingerprint density at radius 3 is 2.24 bits per heavy atom. The van der Waals surface area contributed by atoms with Crippen LogP contribution in [0.15, 0.2) is 12.3 Å². The summed E-state index contributed by atoms with van der Waals surface area (Å²) in [5.41, 5.74) is 2.22. The summed E-state index contributed by atoms with van der Waals surface area (Å²) < 4.78 is 9.35. The largest absolute Gasteiger partial charge is 0.507 e. The van der Waals surface area contributed by atoms with Crippen LogP contribution in [0.25, 0.3) is 0 Å². The molecule has 0 amide bonds. The van der Waals surface area contributed by atoms with Gasteiger partial charge in [-0.05, 0) is 6.42 Å². The molecule has 0 aromatic carbocycles. The van der Waals surface area contributed by atoms with Crippen LogP contribution >= 0.6 is 0 Å². The molecule has 0 atom stereocenters. The molecule has 3 nitrogen and oxygen atoms in total. The first kappa shape index (κ1) is 16.2. The molecule has 0 rings (SSSR count). The fourth-order valence-corrected chi connectivity index (χ4v) is 6.52. The third-order valence-corrected chi connectivity index (χ3v) is 8.34.